The summed E-state index contributed by atoms with van der Waals surface area (Å²) in [5, 5.41) is 6.91. The number of methoxy groups -OCH3 is 1. The van der Waals surface area contributed by atoms with Gasteiger partial charge < -0.3 is 10.1 Å². The minimum Gasteiger partial charge on any atom is -0.497 e. The Morgan fingerprint density at radius 3 is 2.61 bits per heavy atom. The molecule has 3 N–H and O–H groups in total. The molecule has 6 nitrogen and oxygen atoms in total. The van der Waals surface area contributed by atoms with Gasteiger partial charge in [-0.15, -0.1) is 0 Å². The Morgan fingerprint density at radius 2 is 2.00 bits per heavy atom. The molecule has 96 valence electrons. The van der Waals surface area contributed by atoms with Crippen LogP contribution in [-0.2, 0) is 0 Å². The number of hydrogen-bond acceptors (Lipinski definition) is 4. The van der Waals surface area contributed by atoms with Gasteiger partial charge in [-0.3, -0.25) is 15.4 Å². The van der Waals surface area contributed by atoms with Crippen LogP contribution in [0.1, 0.15) is 10.4 Å². The molecular weight excluding hydrogens is 254 g/mol. The van der Waals surface area contributed by atoms with Crippen LogP contribution in [-0.4, -0.2) is 31.2 Å². The lowest BCUT2D eigenvalue weighted by molar-refractivity contribution is 0.0976. The fourth-order valence-electron chi connectivity index (χ4n) is 1.14. The lowest BCUT2D eigenvalue weighted by atomic mass is 10.2. The van der Waals surface area contributed by atoms with Crippen molar-refractivity contribution < 1.29 is 14.3 Å². The summed E-state index contributed by atoms with van der Waals surface area (Å²) in [5.41, 5.74) is 0.385. The Morgan fingerprint density at radius 1 is 1.28 bits per heavy atom. The highest BCUT2D eigenvalue weighted by Gasteiger charge is 2.09. The number of nitrogens with one attached hydrogen (secondary N) is 3. The Balaban J connectivity index is 2.64. The van der Waals surface area contributed by atoms with Gasteiger partial charge in [0.25, 0.3) is 5.91 Å². The van der Waals surface area contributed by atoms with Crippen molar-refractivity contribution in [3.63, 3.8) is 0 Å². The molecule has 0 unspecified atom stereocenters. The third-order valence-corrected chi connectivity index (χ3v) is 2.22. The first kappa shape index (κ1) is 13.9. The highest BCUT2D eigenvalue weighted by Crippen LogP contribution is 2.12. The fraction of sp³-hybridized carbons (Fsp3) is 0.182. The molecule has 1 aromatic carbocycles. The highest BCUT2D eigenvalue weighted by molar-refractivity contribution is 7.80. The molecule has 0 aromatic heterocycles. The van der Waals surface area contributed by atoms with Crippen molar-refractivity contribution in [2.75, 3.05) is 14.2 Å². The van der Waals surface area contributed by atoms with Gasteiger partial charge in [-0.25, -0.2) is 4.79 Å². The minimum atomic E-state index is -0.494. The van der Waals surface area contributed by atoms with E-state index in [9.17, 15) is 9.59 Å². The van der Waals surface area contributed by atoms with Crippen molar-refractivity contribution in [1.82, 2.24) is 16.0 Å². The summed E-state index contributed by atoms with van der Waals surface area (Å²) in [4.78, 5) is 22.7. The van der Waals surface area contributed by atoms with Gasteiger partial charge in [-0.05, 0) is 30.4 Å². The zero-order valence-electron chi connectivity index (χ0n) is 9.94. The van der Waals surface area contributed by atoms with Gasteiger partial charge in [-0.1, -0.05) is 6.07 Å². The molecule has 0 spiro atoms. The molecule has 0 saturated carbocycles. The van der Waals surface area contributed by atoms with Crippen LogP contribution >= 0.6 is 12.2 Å². The Bertz CT molecular complexity index is 476. The molecule has 0 atom stereocenters. The maximum absolute atomic E-state index is 11.8. The number of hydrogen-bond donors (Lipinski definition) is 3. The zero-order chi connectivity index (χ0) is 13.5. The smallest absolute Gasteiger partial charge is 0.320 e. The van der Waals surface area contributed by atoms with Gasteiger partial charge in [0, 0.05) is 12.6 Å². The molecule has 3 amide bonds. The van der Waals surface area contributed by atoms with Crippen LogP contribution in [0.15, 0.2) is 24.3 Å². The molecule has 0 fully saturated rings. The van der Waals surface area contributed by atoms with Crippen molar-refractivity contribution in [2.45, 2.75) is 0 Å². The third-order valence-electron chi connectivity index (χ3n) is 2.01. The molecule has 1 aromatic rings. The summed E-state index contributed by atoms with van der Waals surface area (Å²) in [6.45, 7) is 0. The number of ether oxygens (including phenoxy) is 1. The lowest BCUT2D eigenvalue weighted by Gasteiger charge is -2.08. The predicted octanol–water partition coefficient (Wildman–Crippen LogP) is 0.639. The number of rotatable bonds is 2. The highest BCUT2D eigenvalue weighted by atomic mass is 32.1. The molecule has 0 aliphatic rings. The normalized spacial score (nSPS) is 9.22. The van der Waals surface area contributed by atoms with Gasteiger partial charge in [0.1, 0.15) is 5.75 Å². The molecule has 0 aliphatic heterocycles. The van der Waals surface area contributed by atoms with Gasteiger partial charge in [-0.2, -0.15) is 0 Å². The van der Waals surface area contributed by atoms with E-state index in [4.69, 9.17) is 17.0 Å². The number of benzene rings is 1. The first-order chi connectivity index (χ1) is 8.56. The van der Waals surface area contributed by atoms with E-state index in [-0.39, 0.29) is 5.11 Å². The molecule has 7 heteroatoms. The van der Waals surface area contributed by atoms with Crippen LogP contribution in [0.2, 0.25) is 0 Å². The number of thiocarbonyl (C=S) groups is 1. The molecule has 0 radical (unpaired) electrons. The summed E-state index contributed by atoms with van der Waals surface area (Å²) >= 11 is 4.80. The summed E-state index contributed by atoms with van der Waals surface area (Å²) in [5.74, 6) is 0.142. The fourth-order valence-corrected chi connectivity index (χ4v) is 1.32. The van der Waals surface area contributed by atoms with E-state index in [0.717, 1.165) is 0 Å². The maximum atomic E-state index is 11.8. The van der Waals surface area contributed by atoms with E-state index < -0.39 is 11.9 Å². The Kier molecular flexibility index (Phi) is 5.06. The Labute approximate surface area is 110 Å². The van der Waals surface area contributed by atoms with E-state index in [0.29, 0.717) is 11.3 Å². The maximum Gasteiger partial charge on any atom is 0.320 e. The number of carbonyl (C=O) groups excluding carboxylic acids is 2. The van der Waals surface area contributed by atoms with Crippen LogP contribution < -0.4 is 20.7 Å². The van der Waals surface area contributed by atoms with Crippen molar-refractivity contribution in [3.05, 3.63) is 29.8 Å². The zero-order valence-corrected chi connectivity index (χ0v) is 10.8. The van der Waals surface area contributed by atoms with Gasteiger partial charge in [0.05, 0.1) is 7.11 Å². The second-order valence-electron chi connectivity index (χ2n) is 3.22. The summed E-state index contributed by atoms with van der Waals surface area (Å²) in [7, 11) is 2.95. The number of amides is 3. The quantitative estimate of drug-likeness (QED) is 0.687. The van der Waals surface area contributed by atoms with E-state index in [1.54, 1.807) is 24.3 Å². The van der Waals surface area contributed by atoms with Crippen molar-refractivity contribution >= 4 is 29.3 Å². The van der Waals surface area contributed by atoms with Gasteiger partial charge >= 0.3 is 6.03 Å². The summed E-state index contributed by atoms with van der Waals surface area (Å²) in [6.07, 6.45) is 0. The average Bonchev–Trinajstić information content (AvgIpc) is 2.38. The van der Waals surface area contributed by atoms with Crippen molar-refractivity contribution in [2.24, 2.45) is 0 Å². The molecule has 18 heavy (non-hydrogen) atoms. The molecule has 0 bridgehead atoms. The Hall–Kier alpha value is -2.15. The van der Waals surface area contributed by atoms with Crippen LogP contribution in [0.3, 0.4) is 0 Å². The molecule has 1 rings (SSSR count). The largest absolute Gasteiger partial charge is 0.497 e. The number of carbonyl (C=O) groups is 2. The monoisotopic (exact) mass is 267 g/mol. The van der Waals surface area contributed by atoms with Crippen LogP contribution in [0.25, 0.3) is 0 Å². The molecule has 0 aliphatic carbocycles. The average molecular weight is 267 g/mol. The summed E-state index contributed by atoms with van der Waals surface area (Å²) in [6, 6.07) is 6.09. The van der Waals surface area contributed by atoms with E-state index in [2.05, 4.69) is 16.0 Å². The lowest BCUT2D eigenvalue weighted by Crippen LogP contribution is -2.45. The van der Waals surface area contributed by atoms with E-state index >= 15 is 0 Å². The van der Waals surface area contributed by atoms with Gasteiger partial charge in [0.2, 0.25) is 0 Å². The second-order valence-corrected chi connectivity index (χ2v) is 3.63. The molecular formula is C11H13N3O3S. The summed E-state index contributed by atoms with van der Waals surface area (Å²) < 4.78 is 5.00. The second kappa shape index (κ2) is 6.55. The molecule has 0 heterocycles. The minimum absolute atomic E-state index is 0.0674. The van der Waals surface area contributed by atoms with Crippen LogP contribution in [0.4, 0.5) is 4.79 Å². The first-order valence-corrected chi connectivity index (χ1v) is 5.45. The topological polar surface area (TPSA) is 79.5 Å². The van der Waals surface area contributed by atoms with E-state index in [1.165, 1.54) is 14.2 Å². The first-order valence-electron chi connectivity index (χ1n) is 5.05. The van der Waals surface area contributed by atoms with Crippen LogP contribution in [0.5, 0.6) is 5.75 Å². The number of urea groups is 1. The third kappa shape index (κ3) is 4.02. The van der Waals surface area contributed by atoms with E-state index in [1.807, 2.05) is 0 Å². The van der Waals surface area contributed by atoms with Crippen molar-refractivity contribution in [3.8, 4) is 5.75 Å². The van der Waals surface area contributed by atoms with Crippen LogP contribution in [0, 0.1) is 0 Å². The SMILES string of the molecule is CNC(=O)NC(=S)NC(=O)c1cccc(OC)c1. The van der Waals surface area contributed by atoms with Crippen molar-refractivity contribution in [1.29, 1.82) is 0 Å². The van der Waals surface area contributed by atoms with Gasteiger partial charge in [0.15, 0.2) is 5.11 Å². The molecule has 0 saturated heterocycles. The standard InChI is InChI=1S/C11H13N3O3S/c1-12-10(16)14-11(18)13-9(15)7-4-3-5-8(6-7)17-2/h3-6H,1-2H3,(H3,12,13,14,15,16,18). The predicted molar refractivity (Wildman–Crippen MR) is 70.6 cm³/mol.